The maximum atomic E-state index is 12.7. The standard InChI is InChI=1S/C19H32N4O4S/c1-6-23-11-7-8-15(23)13-20-18(24)16-12-14(9-10-17(16)27-5)21-28(25,26)22-19(2,3)4/h9-10,12,15,21-22H,6-8,11,13H2,1-5H3,(H,20,24). The van der Waals surface area contributed by atoms with Gasteiger partial charge in [0.15, 0.2) is 0 Å². The number of nitrogens with one attached hydrogen (secondary N) is 3. The third-order valence-corrected chi connectivity index (χ3v) is 5.93. The Morgan fingerprint density at radius 2 is 2.04 bits per heavy atom. The summed E-state index contributed by atoms with van der Waals surface area (Å²) in [6.07, 6.45) is 2.19. The van der Waals surface area contributed by atoms with E-state index in [0.717, 1.165) is 25.9 Å². The first kappa shape index (κ1) is 22.4. The smallest absolute Gasteiger partial charge is 0.299 e. The molecule has 28 heavy (non-hydrogen) atoms. The van der Waals surface area contributed by atoms with Gasteiger partial charge in [0, 0.05) is 18.1 Å². The monoisotopic (exact) mass is 412 g/mol. The summed E-state index contributed by atoms with van der Waals surface area (Å²) in [5.74, 6) is 0.104. The SMILES string of the molecule is CCN1CCCC1CNC(=O)c1cc(NS(=O)(=O)NC(C)(C)C)ccc1OC. The lowest BCUT2D eigenvalue weighted by Gasteiger charge is -2.23. The third kappa shape index (κ3) is 6.35. The normalized spacial score (nSPS) is 18.1. The molecule has 1 amide bonds. The van der Waals surface area contributed by atoms with E-state index >= 15 is 0 Å². The lowest BCUT2D eigenvalue weighted by Crippen LogP contribution is -2.43. The predicted molar refractivity (Wildman–Crippen MR) is 111 cm³/mol. The summed E-state index contributed by atoms with van der Waals surface area (Å²) in [4.78, 5) is 15.1. The Balaban J connectivity index is 2.12. The first-order chi connectivity index (χ1) is 13.0. The van der Waals surface area contributed by atoms with Crippen molar-refractivity contribution in [2.24, 2.45) is 0 Å². The van der Waals surface area contributed by atoms with Gasteiger partial charge in [-0.05, 0) is 64.9 Å². The van der Waals surface area contributed by atoms with Crippen LogP contribution in [0.25, 0.3) is 0 Å². The minimum Gasteiger partial charge on any atom is -0.496 e. The van der Waals surface area contributed by atoms with Crippen LogP contribution < -0.4 is 19.5 Å². The number of carbonyl (C=O) groups is 1. The summed E-state index contributed by atoms with van der Waals surface area (Å²) in [7, 11) is -2.29. The van der Waals surface area contributed by atoms with Crippen LogP contribution in [0, 0.1) is 0 Å². The molecule has 9 heteroatoms. The van der Waals surface area contributed by atoms with Crippen LogP contribution in [0.15, 0.2) is 18.2 Å². The van der Waals surface area contributed by atoms with Crippen molar-refractivity contribution >= 4 is 21.8 Å². The van der Waals surface area contributed by atoms with E-state index < -0.39 is 15.7 Å². The molecule has 1 aromatic rings. The van der Waals surface area contributed by atoms with Crippen LogP contribution in [-0.2, 0) is 10.2 Å². The van der Waals surface area contributed by atoms with Crippen molar-refractivity contribution in [2.45, 2.75) is 52.1 Å². The van der Waals surface area contributed by atoms with Gasteiger partial charge in [-0.1, -0.05) is 6.92 Å². The molecule has 0 aromatic heterocycles. The summed E-state index contributed by atoms with van der Waals surface area (Å²) < 4.78 is 34.8. The second-order valence-electron chi connectivity index (χ2n) is 8.01. The van der Waals surface area contributed by atoms with Gasteiger partial charge in [0.05, 0.1) is 18.4 Å². The van der Waals surface area contributed by atoms with Crippen LogP contribution in [0.4, 0.5) is 5.69 Å². The second kappa shape index (κ2) is 9.11. The molecule has 0 aliphatic carbocycles. The fourth-order valence-corrected chi connectivity index (χ4v) is 4.68. The van der Waals surface area contributed by atoms with E-state index in [-0.39, 0.29) is 5.91 Å². The number of anilines is 1. The number of methoxy groups -OCH3 is 1. The third-order valence-electron chi connectivity index (χ3n) is 4.54. The maximum Gasteiger partial charge on any atom is 0.299 e. The van der Waals surface area contributed by atoms with Crippen molar-refractivity contribution < 1.29 is 17.9 Å². The number of hydrogen-bond donors (Lipinski definition) is 3. The summed E-state index contributed by atoms with van der Waals surface area (Å²) in [5.41, 5.74) is -0.0384. The molecular formula is C19H32N4O4S. The van der Waals surface area contributed by atoms with E-state index in [0.29, 0.717) is 29.6 Å². The molecule has 2 rings (SSSR count). The molecule has 1 fully saturated rings. The van der Waals surface area contributed by atoms with Crippen LogP contribution in [0.5, 0.6) is 5.75 Å². The average molecular weight is 413 g/mol. The van der Waals surface area contributed by atoms with Gasteiger partial charge in [0.2, 0.25) is 0 Å². The van der Waals surface area contributed by atoms with Crippen LogP contribution in [0.1, 0.15) is 50.9 Å². The number of carbonyl (C=O) groups excluding carboxylic acids is 1. The number of ether oxygens (including phenoxy) is 1. The lowest BCUT2D eigenvalue weighted by atomic mass is 10.1. The summed E-state index contributed by atoms with van der Waals surface area (Å²) in [5, 5.41) is 2.95. The van der Waals surface area contributed by atoms with Gasteiger partial charge < -0.3 is 10.1 Å². The van der Waals surface area contributed by atoms with Crippen LogP contribution in [0.3, 0.4) is 0 Å². The lowest BCUT2D eigenvalue weighted by molar-refractivity contribution is 0.0938. The Bertz CT molecular complexity index is 790. The van der Waals surface area contributed by atoms with Crippen molar-refractivity contribution in [2.75, 3.05) is 31.5 Å². The summed E-state index contributed by atoms with van der Waals surface area (Å²) in [6.45, 7) is 9.94. The summed E-state index contributed by atoms with van der Waals surface area (Å²) >= 11 is 0. The molecule has 1 aliphatic heterocycles. The zero-order chi connectivity index (χ0) is 20.9. The fourth-order valence-electron chi connectivity index (χ4n) is 3.38. The van der Waals surface area contributed by atoms with Crippen molar-refractivity contribution in [3.8, 4) is 5.75 Å². The Hall–Kier alpha value is -1.84. The molecule has 0 radical (unpaired) electrons. The zero-order valence-electron chi connectivity index (χ0n) is 17.3. The largest absolute Gasteiger partial charge is 0.496 e. The zero-order valence-corrected chi connectivity index (χ0v) is 18.1. The Morgan fingerprint density at radius 3 is 2.64 bits per heavy atom. The van der Waals surface area contributed by atoms with E-state index in [9.17, 15) is 13.2 Å². The van der Waals surface area contributed by atoms with Gasteiger partial charge in [0.1, 0.15) is 5.75 Å². The van der Waals surface area contributed by atoms with Crippen LogP contribution in [-0.4, -0.2) is 57.5 Å². The molecule has 8 nitrogen and oxygen atoms in total. The first-order valence-corrected chi connectivity index (χ1v) is 11.0. The Kier molecular flexibility index (Phi) is 7.30. The first-order valence-electron chi connectivity index (χ1n) is 9.56. The van der Waals surface area contributed by atoms with Gasteiger partial charge in [-0.25, -0.2) is 0 Å². The topological polar surface area (TPSA) is 99.8 Å². The van der Waals surface area contributed by atoms with E-state index in [1.54, 1.807) is 32.9 Å². The van der Waals surface area contributed by atoms with Gasteiger partial charge >= 0.3 is 0 Å². The molecule has 1 atom stereocenters. The average Bonchev–Trinajstić information content (AvgIpc) is 3.04. The van der Waals surface area contributed by atoms with Crippen LogP contribution in [0.2, 0.25) is 0 Å². The number of rotatable bonds is 8. The minimum absolute atomic E-state index is 0.287. The molecule has 0 spiro atoms. The van der Waals surface area contributed by atoms with Gasteiger partial charge in [-0.3, -0.25) is 14.4 Å². The van der Waals surface area contributed by atoms with E-state index in [4.69, 9.17) is 4.74 Å². The molecule has 1 saturated heterocycles. The highest BCUT2D eigenvalue weighted by Gasteiger charge is 2.24. The molecule has 158 valence electrons. The van der Waals surface area contributed by atoms with E-state index in [1.807, 2.05) is 0 Å². The summed E-state index contributed by atoms with van der Waals surface area (Å²) in [6, 6.07) is 4.96. The molecule has 1 aliphatic rings. The second-order valence-corrected chi connectivity index (χ2v) is 9.42. The van der Waals surface area contributed by atoms with Crippen molar-refractivity contribution in [1.29, 1.82) is 0 Å². The maximum absolute atomic E-state index is 12.7. The highest BCUT2D eigenvalue weighted by Crippen LogP contribution is 2.24. The molecule has 0 saturated carbocycles. The molecule has 1 heterocycles. The molecule has 1 aromatic carbocycles. The molecule has 1 unspecified atom stereocenters. The number of nitrogens with zero attached hydrogens (tertiary/aromatic N) is 1. The number of benzene rings is 1. The van der Waals surface area contributed by atoms with Crippen LogP contribution >= 0.6 is 0 Å². The van der Waals surface area contributed by atoms with E-state index in [2.05, 4.69) is 26.6 Å². The molecule has 3 N–H and O–H groups in total. The van der Waals surface area contributed by atoms with Gasteiger partial charge in [-0.15, -0.1) is 0 Å². The number of hydrogen-bond acceptors (Lipinski definition) is 5. The predicted octanol–water partition coefficient (Wildman–Crippen LogP) is 1.95. The molecule has 0 bridgehead atoms. The Labute approximate surface area is 168 Å². The minimum atomic E-state index is -3.77. The van der Waals surface area contributed by atoms with Crippen molar-refractivity contribution in [3.05, 3.63) is 23.8 Å². The highest BCUT2D eigenvalue weighted by molar-refractivity contribution is 7.90. The molecular weight excluding hydrogens is 380 g/mol. The number of likely N-dealkylation sites (N-methyl/N-ethyl adjacent to an activating group) is 1. The number of amides is 1. The number of likely N-dealkylation sites (tertiary alicyclic amines) is 1. The van der Waals surface area contributed by atoms with Gasteiger partial charge in [-0.2, -0.15) is 13.1 Å². The quantitative estimate of drug-likeness (QED) is 0.606. The highest BCUT2D eigenvalue weighted by atomic mass is 32.2. The van der Waals surface area contributed by atoms with Gasteiger partial charge in [0.25, 0.3) is 16.1 Å². The fraction of sp³-hybridized carbons (Fsp3) is 0.632. The van der Waals surface area contributed by atoms with E-state index in [1.165, 1.54) is 13.2 Å². The Morgan fingerprint density at radius 1 is 1.32 bits per heavy atom. The van der Waals surface area contributed by atoms with Crippen molar-refractivity contribution in [1.82, 2.24) is 14.9 Å². The van der Waals surface area contributed by atoms with Crippen molar-refractivity contribution in [3.63, 3.8) is 0 Å².